The molecule has 1 nitrogen and oxygen atoms in total. The molecule has 1 saturated carbocycles. The molecule has 0 amide bonds. The third kappa shape index (κ3) is 4.73. The Bertz CT molecular complexity index is 684. The number of hydrogen-bond acceptors (Lipinski definition) is 1. The Morgan fingerprint density at radius 1 is 0.923 bits per heavy atom. The third-order valence-corrected chi connectivity index (χ3v) is 5.77. The summed E-state index contributed by atoms with van der Waals surface area (Å²) in [5, 5.41) is 0. The van der Waals surface area contributed by atoms with Crippen molar-refractivity contribution in [3.8, 4) is 11.1 Å². The highest BCUT2D eigenvalue weighted by molar-refractivity contribution is 5.64. The van der Waals surface area contributed by atoms with E-state index in [1.54, 1.807) is 6.07 Å². The molecule has 3 rings (SSSR count). The van der Waals surface area contributed by atoms with Crippen LogP contribution in [0.25, 0.3) is 11.1 Å². The van der Waals surface area contributed by atoms with Crippen LogP contribution in [0.1, 0.15) is 69.4 Å². The van der Waals surface area contributed by atoms with Gasteiger partial charge in [-0.05, 0) is 67.2 Å². The van der Waals surface area contributed by atoms with Crippen molar-refractivity contribution in [2.45, 2.75) is 64.9 Å². The van der Waals surface area contributed by atoms with Gasteiger partial charge in [0.1, 0.15) is 5.82 Å². The summed E-state index contributed by atoms with van der Waals surface area (Å²) in [4.78, 5) is 0. The van der Waals surface area contributed by atoms with Crippen molar-refractivity contribution in [2.75, 3.05) is 6.61 Å². The summed E-state index contributed by atoms with van der Waals surface area (Å²) in [5.41, 5.74) is 4.07. The van der Waals surface area contributed by atoms with Crippen molar-refractivity contribution in [1.29, 1.82) is 0 Å². The topological polar surface area (TPSA) is 9.23 Å². The first-order valence-corrected chi connectivity index (χ1v) is 10.2. The highest BCUT2D eigenvalue weighted by Gasteiger charge is 2.21. The van der Waals surface area contributed by atoms with E-state index in [4.69, 9.17) is 4.74 Å². The zero-order valence-electron chi connectivity index (χ0n) is 16.1. The van der Waals surface area contributed by atoms with Crippen molar-refractivity contribution in [1.82, 2.24) is 0 Å². The van der Waals surface area contributed by atoms with Gasteiger partial charge in [0, 0.05) is 12.2 Å². The quantitative estimate of drug-likeness (QED) is 0.515. The Hall–Kier alpha value is -1.67. The van der Waals surface area contributed by atoms with Gasteiger partial charge in [0.2, 0.25) is 0 Å². The molecule has 2 aromatic carbocycles. The van der Waals surface area contributed by atoms with E-state index in [0.29, 0.717) is 24.7 Å². The molecule has 0 spiro atoms. The van der Waals surface area contributed by atoms with Gasteiger partial charge < -0.3 is 4.74 Å². The van der Waals surface area contributed by atoms with Gasteiger partial charge in [-0.2, -0.15) is 0 Å². The number of benzene rings is 2. The summed E-state index contributed by atoms with van der Waals surface area (Å²) in [6, 6.07) is 14.2. The first kappa shape index (κ1) is 19.1. The normalized spacial score (nSPS) is 20.3. The van der Waals surface area contributed by atoms with Gasteiger partial charge in [0.15, 0.2) is 0 Å². The number of hydrogen-bond donors (Lipinski definition) is 0. The second-order valence-corrected chi connectivity index (χ2v) is 7.57. The summed E-state index contributed by atoms with van der Waals surface area (Å²) in [6.45, 7) is 5.15. The van der Waals surface area contributed by atoms with Crippen LogP contribution in [-0.4, -0.2) is 6.61 Å². The largest absolute Gasteiger partial charge is 0.377 e. The highest BCUT2D eigenvalue weighted by Crippen LogP contribution is 2.38. The van der Waals surface area contributed by atoms with Crippen molar-refractivity contribution < 1.29 is 9.13 Å². The van der Waals surface area contributed by atoms with Gasteiger partial charge >= 0.3 is 0 Å². The maximum atomic E-state index is 14.2. The molecule has 0 heterocycles. The van der Waals surface area contributed by atoms with Crippen molar-refractivity contribution in [3.63, 3.8) is 0 Å². The molecule has 1 aliphatic carbocycles. The minimum Gasteiger partial charge on any atom is -0.377 e. The Balaban J connectivity index is 1.65. The average molecular weight is 355 g/mol. The molecule has 2 aromatic rings. The van der Waals surface area contributed by atoms with Gasteiger partial charge in [-0.1, -0.05) is 56.2 Å². The molecule has 1 fully saturated rings. The molecule has 0 atom stereocenters. The number of halogens is 1. The molecule has 0 aromatic heterocycles. The van der Waals surface area contributed by atoms with Crippen LogP contribution in [0.3, 0.4) is 0 Å². The highest BCUT2D eigenvalue weighted by atomic mass is 19.1. The van der Waals surface area contributed by atoms with Crippen LogP contribution in [0.2, 0.25) is 0 Å². The Morgan fingerprint density at radius 2 is 1.62 bits per heavy atom. The minimum absolute atomic E-state index is 0.186. The van der Waals surface area contributed by atoms with E-state index in [2.05, 4.69) is 31.2 Å². The second kappa shape index (κ2) is 9.32. The van der Waals surface area contributed by atoms with Crippen LogP contribution in [-0.2, 0) is 11.3 Å². The van der Waals surface area contributed by atoms with Crippen LogP contribution in [0.4, 0.5) is 4.39 Å². The van der Waals surface area contributed by atoms with Crippen LogP contribution in [0.15, 0.2) is 42.5 Å². The molecule has 0 N–H and O–H groups in total. The van der Waals surface area contributed by atoms with Crippen LogP contribution < -0.4 is 0 Å². The molecule has 0 aliphatic heterocycles. The Labute approximate surface area is 157 Å². The van der Waals surface area contributed by atoms with Gasteiger partial charge in [0.05, 0.1) is 6.61 Å². The predicted octanol–water partition coefficient (Wildman–Crippen LogP) is 7.10. The van der Waals surface area contributed by atoms with Gasteiger partial charge in [-0.15, -0.1) is 0 Å². The van der Waals surface area contributed by atoms with Crippen LogP contribution in [0.5, 0.6) is 0 Å². The third-order valence-electron chi connectivity index (χ3n) is 5.77. The lowest BCUT2D eigenvalue weighted by atomic mass is 9.77. The molecule has 26 heavy (non-hydrogen) atoms. The summed E-state index contributed by atoms with van der Waals surface area (Å²) >= 11 is 0. The van der Waals surface area contributed by atoms with E-state index in [1.165, 1.54) is 44.1 Å². The van der Waals surface area contributed by atoms with Gasteiger partial charge in [-0.25, -0.2) is 4.39 Å². The van der Waals surface area contributed by atoms with Crippen molar-refractivity contribution in [2.24, 2.45) is 5.92 Å². The van der Waals surface area contributed by atoms with E-state index in [9.17, 15) is 4.39 Å². The Kier molecular flexibility index (Phi) is 6.85. The van der Waals surface area contributed by atoms with E-state index >= 15 is 0 Å². The van der Waals surface area contributed by atoms with E-state index < -0.39 is 0 Å². The van der Waals surface area contributed by atoms with Crippen molar-refractivity contribution >= 4 is 0 Å². The lowest BCUT2D eigenvalue weighted by molar-refractivity contribution is 0.131. The number of rotatable bonds is 7. The average Bonchev–Trinajstić information content (AvgIpc) is 2.68. The SMILES string of the molecule is CCCC1CCC(c2ccc(-c3ccc(COCC)c(F)c3)cc2)CC1. The summed E-state index contributed by atoms with van der Waals surface area (Å²) in [6.07, 6.45) is 8.05. The second-order valence-electron chi connectivity index (χ2n) is 7.57. The van der Waals surface area contributed by atoms with Crippen molar-refractivity contribution in [3.05, 3.63) is 59.4 Å². The van der Waals surface area contributed by atoms with E-state index in [-0.39, 0.29) is 5.82 Å². The summed E-state index contributed by atoms with van der Waals surface area (Å²) in [7, 11) is 0. The first-order chi connectivity index (χ1) is 12.7. The standard InChI is InChI=1S/C24H31FO/c1-3-5-18-6-8-19(9-7-18)20-10-12-21(13-11-20)22-14-15-23(17-26-4-2)24(25)16-22/h10-16,18-19H,3-9,17H2,1-2H3. The van der Waals surface area contributed by atoms with Crippen LogP contribution >= 0.6 is 0 Å². The molecule has 1 aliphatic rings. The fourth-order valence-corrected chi connectivity index (χ4v) is 4.20. The smallest absolute Gasteiger partial charge is 0.129 e. The minimum atomic E-state index is -0.186. The molecule has 0 bridgehead atoms. The summed E-state index contributed by atoms with van der Waals surface area (Å²) in [5.74, 6) is 1.45. The molecule has 0 saturated heterocycles. The fraction of sp³-hybridized carbons (Fsp3) is 0.500. The lowest BCUT2D eigenvalue weighted by Crippen LogP contribution is -2.13. The molecule has 0 unspecified atom stereocenters. The summed E-state index contributed by atoms with van der Waals surface area (Å²) < 4.78 is 19.6. The van der Waals surface area contributed by atoms with Gasteiger partial charge in [0.25, 0.3) is 0 Å². The monoisotopic (exact) mass is 354 g/mol. The molecule has 2 heteroatoms. The Morgan fingerprint density at radius 3 is 2.23 bits per heavy atom. The van der Waals surface area contributed by atoms with Crippen LogP contribution in [0, 0.1) is 11.7 Å². The van der Waals surface area contributed by atoms with E-state index in [1.807, 2.05) is 19.1 Å². The lowest BCUT2D eigenvalue weighted by Gasteiger charge is -2.28. The maximum Gasteiger partial charge on any atom is 0.129 e. The van der Waals surface area contributed by atoms with E-state index in [0.717, 1.165) is 17.0 Å². The zero-order chi connectivity index (χ0) is 18.4. The predicted molar refractivity (Wildman–Crippen MR) is 107 cm³/mol. The van der Waals surface area contributed by atoms with Gasteiger partial charge in [-0.3, -0.25) is 0 Å². The molecular weight excluding hydrogens is 323 g/mol. The first-order valence-electron chi connectivity index (χ1n) is 10.2. The number of ether oxygens (including phenoxy) is 1. The zero-order valence-corrected chi connectivity index (χ0v) is 16.1. The molecule has 140 valence electrons. The fourth-order valence-electron chi connectivity index (χ4n) is 4.20. The maximum absolute atomic E-state index is 14.2. The molecular formula is C24H31FO. The molecule has 0 radical (unpaired) electrons.